The number of aliphatic hydroxyl groups excluding tert-OH is 1. The van der Waals surface area contributed by atoms with Crippen molar-refractivity contribution in [1.82, 2.24) is 0 Å². The fourth-order valence-electron chi connectivity index (χ4n) is 4.80. The Hall–Kier alpha value is -1.09. The van der Waals surface area contributed by atoms with Crippen LogP contribution >= 0.6 is 0 Å². The maximum atomic E-state index is 10.5. The molecule has 0 saturated heterocycles. The summed E-state index contributed by atoms with van der Waals surface area (Å²) in [6, 6.07) is 0. The molecule has 2 rings (SSSR count). The highest BCUT2D eigenvalue weighted by molar-refractivity contribution is 5.66. The number of aliphatic carboxylic acids is 1. The molecule has 2 fully saturated rings. The van der Waals surface area contributed by atoms with E-state index in [0.29, 0.717) is 11.8 Å². The van der Waals surface area contributed by atoms with Gasteiger partial charge in [0.15, 0.2) is 0 Å². The number of carboxylic acids is 1. The maximum Gasteiger partial charge on any atom is 0.303 e. The van der Waals surface area contributed by atoms with Gasteiger partial charge in [0.1, 0.15) is 0 Å². The minimum absolute atomic E-state index is 0.264. The molecule has 2 bridgehead atoms. The van der Waals surface area contributed by atoms with Gasteiger partial charge in [-0.3, -0.25) is 4.79 Å². The van der Waals surface area contributed by atoms with Crippen LogP contribution in [0.25, 0.3) is 0 Å². The zero-order valence-corrected chi connectivity index (χ0v) is 15.8. The van der Waals surface area contributed by atoms with Gasteiger partial charge in [0.25, 0.3) is 0 Å². The zero-order valence-electron chi connectivity index (χ0n) is 15.8. The van der Waals surface area contributed by atoms with E-state index in [1.807, 2.05) is 0 Å². The normalized spacial score (nSPS) is 29.8. The Morgan fingerprint density at radius 3 is 2.72 bits per heavy atom. The average molecular weight is 349 g/mol. The van der Waals surface area contributed by atoms with Crippen LogP contribution in [0.15, 0.2) is 24.3 Å². The van der Waals surface area contributed by atoms with E-state index in [1.165, 1.54) is 32.1 Å². The number of aliphatic hydroxyl groups is 1. The maximum absolute atomic E-state index is 10.5. The van der Waals surface area contributed by atoms with Crippen molar-refractivity contribution in [3.8, 4) is 0 Å². The summed E-state index contributed by atoms with van der Waals surface area (Å²) in [5.74, 6) is 2.30. The molecule has 3 nitrogen and oxygen atoms in total. The summed E-state index contributed by atoms with van der Waals surface area (Å²) < 4.78 is 0. The summed E-state index contributed by atoms with van der Waals surface area (Å²) >= 11 is 0. The molecule has 0 amide bonds. The van der Waals surface area contributed by atoms with E-state index in [0.717, 1.165) is 43.9 Å². The van der Waals surface area contributed by atoms with Crippen LogP contribution < -0.4 is 0 Å². The number of unbranched alkanes of at least 4 members (excludes halogenated alkanes) is 3. The third kappa shape index (κ3) is 6.62. The molecular formula is C22H36O3. The summed E-state index contributed by atoms with van der Waals surface area (Å²) in [5, 5.41) is 18.8. The highest BCUT2D eigenvalue weighted by Crippen LogP contribution is 2.54. The molecule has 142 valence electrons. The van der Waals surface area contributed by atoms with Crippen molar-refractivity contribution in [3.05, 3.63) is 24.3 Å². The van der Waals surface area contributed by atoms with Gasteiger partial charge in [-0.25, -0.2) is 0 Å². The molecular weight excluding hydrogens is 312 g/mol. The number of carbonyl (C=O) groups is 1. The highest BCUT2D eigenvalue weighted by Gasteiger charge is 2.45. The highest BCUT2D eigenvalue weighted by atomic mass is 16.4. The Morgan fingerprint density at radius 1 is 1.16 bits per heavy atom. The molecule has 2 saturated carbocycles. The molecule has 25 heavy (non-hydrogen) atoms. The predicted molar refractivity (Wildman–Crippen MR) is 102 cm³/mol. The first-order valence-electron chi connectivity index (χ1n) is 10.3. The third-order valence-corrected chi connectivity index (χ3v) is 6.15. The second-order valence-electron chi connectivity index (χ2n) is 8.02. The van der Waals surface area contributed by atoms with E-state index in [1.54, 1.807) is 0 Å². The smallest absolute Gasteiger partial charge is 0.303 e. The molecule has 0 radical (unpaired) electrons. The van der Waals surface area contributed by atoms with Gasteiger partial charge in [0.2, 0.25) is 0 Å². The van der Waals surface area contributed by atoms with Crippen molar-refractivity contribution >= 4 is 5.97 Å². The Balaban J connectivity index is 1.78. The predicted octanol–water partition coefficient (Wildman–Crippen LogP) is 5.35. The van der Waals surface area contributed by atoms with Gasteiger partial charge in [-0.2, -0.15) is 0 Å². The molecule has 0 aliphatic heterocycles. The average Bonchev–Trinajstić information content (AvgIpc) is 3.17. The van der Waals surface area contributed by atoms with Crippen LogP contribution in [0.5, 0.6) is 0 Å². The topological polar surface area (TPSA) is 57.5 Å². The Morgan fingerprint density at radius 2 is 1.96 bits per heavy atom. The first-order chi connectivity index (χ1) is 12.1. The minimum Gasteiger partial charge on any atom is -0.481 e. The summed E-state index contributed by atoms with van der Waals surface area (Å²) in [4.78, 5) is 10.5. The summed E-state index contributed by atoms with van der Waals surface area (Å²) in [6.45, 7) is 2.19. The lowest BCUT2D eigenvalue weighted by atomic mass is 9.77. The van der Waals surface area contributed by atoms with Crippen molar-refractivity contribution in [2.24, 2.45) is 23.7 Å². The van der Waals surface area contributed by atoms with E-state index in [-0.39, 0.29) is 12.5 Å². The minimum atomic E-state index is -0.704. The van der Waals surface area contributed by atoms with E-state index in [9.17, 15) is 9.90 Å². The first kappa shape index (κ1) is 20.2. The van der Waals surface area contributed by atoms with Crippen molar-refractivity contribution in [3.63, 3.8) is 0 Å². The van der Waals surface area contributed by atoms with Crippen molar-refractivity contribution in [1.29, 1.82) is 0 Å². The SMILES string of the molecule is CCCCC[C@H](O)/C=C/[C@H]1C2CCC(C2)[C@@H]1C/C=C\CCCC(=O)O. The Kier molecular flexibility index (Phi) is 8.74. The fraction of sp³-hybridized carbons (Fsp3) is 0.773. The lowest BCUT2D eigenvalue weighted by Crippen LogP contribution is -2.20. The van der Waals surface area contributed by atoms with Crippen molar-refractivity contribution in [2.45, 2.75) is 83.7 Å². The molecule has 2 aliphatic rings. The van der Waals surface area contributed by atoms with Crippen LogP contribution in [0.1, 0.15) is 77.6 Å². The number of rotatable bonds is 12. The van der Waals surface area contributed by atoms with Gasteiger partial charge in [0, 0.05) is 6.42 Å². The largest absolute Gasteiger partial charge is 0.481 e. The first-order valence-corrected chi connectivity index (χ1v) is 10.3. The van der Waals surface area contributed by atoms with Gasteiger partial charge < -0.3 is 10.2 Å². The zero-order chi connectivity index (χ0) is 18.1. The van der Waals surface area contributed by atoms with Gasteiger partial charge in [0.05, 0.1) is 6.10 Å². The second kappa shape index (κ2) is 10.8. The summed E-state index contributed by atoms with van der Waals surface area (Å²) in [7, 11) is 0. The van der Waals surface area contributed by atoms with Crippen molar-refractivity contribution < 1.29 is 15.0 Å². The molecule has 0 aromatic heterocycles. The number of hydrogen-bond donors (Lipinski definition) is 2. The lowest BCUT2D eigenvalue weighted by Gasteiger charge is -2.28. The number of allylic oxidation sites excluding steroid dienone is 3. The molecule has 0 spiro atoms. The van der Waals surface area contributed by atoms with E-state index in [2.05, 4.69) is 31.2 Å². The third-order valence-electron chi connectivity index (χ3n) is 6.15. The molecule has 0 heterocycles. The van der Waals surface area contributed by atoms with Crippen LogP contribution in [0.2, 0.25) is 0 Å². The van der Waals surface area contributed by atoms with E-state index >= 15 is 0 Å². The van der Waals surface area contributed by atoms with Gasteiger partial charge in [-0.05, 0) is 68.6 Å². The second-order valence-corrected chi connectivity index (χ2v) is 8.02. The van der Waals surface area contributed by atoms with E-state index in [4.69, 9.17) is 5.11 Å². The van der Waals surface area contributed by atoms with Gasteiger partial charge in [-0.1, -0.05) is 50.5 Å². The van der Waals surface area contributed by atoms with Crippen LogP contribution in [-0.2, 0) is 4.79 Å². The Bertz CT molecular complexity index is 454. The fourth-order valence-corrected chi connectivity index (χ4v) is 4.80. The molecule has 3 heteroatoms. The van der Waals surface area contributed by atoms with Crippen LogP contribution in [0, 0.1) is 23.7 Å². The van der Waals surface area contributed by atoms with Gasteiger partial charge in [-0.15, -0.1) is 0 Å². The van der Waals surface area contributed by atoms with Gasteiger partial charge >= 0.3 is 5.97 Å². The summed E-state index contributed by atoms with van der Waals surface area (Å²) in [5.41, 5.74) is 0. The van der Waals surface area contributed by atoms with Crippen LogP contribution in [-0.4, -0.2) is 22.3 Å². The molecule has 0 aromatic rings. The number of hydrogen-bond acceptors (Lipinski definition) is 2. The van der Waals surface area contributed by atoms with Crippen molar-refractivity contribution in [2.75, 3.05) is 0 Å². The summed E-state index contributed by atoms with van der Waals surface area (Å²) in [6.07, 6.45) is 20.0. The molecule has 2 N–H and O–H groups in total. The lowest BCUT2D eigenvalue weighted by molar-refractivity contribution is -0.137. The van der Waals surface area contributed by atoms with Crippen LogP contribution in [0.3, 0.4) is 0 Å². The molecule has 2 unspecified atom stereocenters. The number of fused-ring (bicyclic) bond motifs is 2. The number of carboxylic acid groups (broad SMARTS) is 1. The molecule has 5 atom stereocenters. The molecule has 2 aliphatic carbocycles. The molecule has 0 aromatic carbocycles. The standard InChI is InChI=1S/C22H36O3/c1-2-3-6-9-19(23)14-15-21-18-13-12-17(16-18)20(21)10-7-4-5-8-11-22(24)25/h4,7,14-15,17-21,23H,2-3,5-6,8-13,16H2,1H3,(H,24,25)/b7-4-,15-14+/t17?,18?,19-,20-,21-/m0/s1. The van der Waals surface area contributed by atoms with Crippen LogP contribution in [0.4, 0.5) is 0 Å². The van der Waals surface area contributed by atoms with E-state index < -0.39 is 5.97 Å². The quantitative estimate of drug-likeness (QED) is 0.369. The monoisotopic (exact) mass is 348 g/mol. The Labute approximate surface area is 153 Å².